The van der Waals surface area contributed by atoms with Gasteiger partial charge in [0, 0.05) is 26.1 Å². The molecule has 134 valence electrons. The third kappa shape index (κ3) is 3.88. The van der Waals surface area contributed by atoms with E-state index in [9.17, 15) is 4.79 Å². The number of carbonyl (C=O) groups excluding carboxylic acids is 1. The van der Waals surface area contributed by atoms with Crippen molar-refractivity contribution in [3.63, 3.8) is 0 Å². The Morgan fingerprint density at radius 3 is 2.50 bits per heavy atom. The molecule has 0 aliphatic carbocycles. The molecule has 0 radical (unpaired) electrons. The molecule has 24 heavy (non-hydrogen) atoms. The van der Waals surface area contributed by atoms with E-state index in [0.29, 0.717) is 12.5 Å². The predicted octanol–water partition coefficient (Wildman–Crippen LogP) is 2.14. The van der Waals surface area contributed by atoms with Crippen molar-refractivity contribution in [1.82, 2.24) is 24.6 Å². The summed E-state index contributed by atoms with van der Waals surface area (Å²) in [6.45, 7) is 6.97. The molecule has 1 aromatic heterocycles. The van der Waals surface area contributed by atoms with E-state index in [0.717, 1.165) is 44.1 Å². The molecule has 2 aliphatic heterocycles. The Morgan fingerprint density at radius 2 is 1.83 bits per heavy atom. The van der Waals surface area contributed by atoms with Crippen LogP contribution in [0.3, 0.4) is 0 Å². The number of likely N-dealkylation sites (tertiary alicyclic amines) is 2. The minimum absolute atomic E-state index is 0.195. The van der Waals surface area contributed by atoms with E-state index in [2.05, 4.69) is 26.7 Å². The lowest BCUT2D eigenvalue weighted by atomic mass is 9.96. The first-order chi connectivity index (χ1) is 11.7. The van der Waals surface area contributed by atoms with Gasteiger partial charge >= 0.3 is 6.09 Å². The average Bonchev–Trinajstić information content (AvgIpc) is 2.97. The van der Waals surface area contributed by atoms with Crippen molar-refractivity contribution in [3.8, 4) is 0 Å². The Bertz CT molecular complexity index is 545. The highest BCUT2D eigenvalue weighted by Gasteiger charge is 2.28. The summed E-state index contributed by atoms with van der Waals surface area (Å²) in [6, 6.07) is 0. The van der Waals surface area contributed by atoms with Crippen LogP contribution in [0.4, 0.5) is 4.79 Å². The Morgan fingerprint density at radius 1 is 1.12 bits per heavy atom. The molecule has 0 unspecified atom stereocenters. The van der Waals surface area contributed by atoms with E-state index in [1.807, 2.05) is 6.92 Å². The second-order valence-electron chi connectivity index (χ2n) is 6.83. The predicted molar refractivity (Wildman–Crippen MR) is 90.7 cm³/mol. The fraction of sp³-hybridized carbons (Fsp3) is 0.824. The highest BCUT2D eigenvalue weighted by molar-refractivity contribution is 5.67. The molecule has 2 aliphatic rings. The van der Waals surface area contributed by atoms with Crippen molar-refractivity contribution < 1.29 is 9.53 Å². The maximum Gasteiger partial charge on any atom is 0.409 e. The molecule has 0 saturated carbocycles. The zero-order valence-corrected chi connectivity index (χ0v) is 14.9. The lowest BCUT2D eigenvalue weighted by molar-refractivity contribution is 0.0964. The number of aromatic nitrogens is 3. The van der Waals surface area contributed by atoms with Gasteiger partial charge in [0.2, 0.25) is 0 Å². The van der Waals surface area contributed by atoms with Crippen molar-refractivity contribution in [3.05, 3.63) is 11.6 Å². The van der Waals surface area contributed by atoms with Crippen LogP contribution >= 0.6 is 0 Å². The maximum atomic E-state index is 11.8. The summed E-state index contributed by atoms with van der Waals surface area (Å²) in [5.74, 6) is 2.49. The van der Waals surface area contributed by atoms with Gasteiger partial charge in [0.1, 0.15) is 11.6 Å². The number of nitrogens with zero attached hydrogens (tertiary/aromatic N) is 5. The summed E-state index contributed by atoms with van der Waals surface area (Å²) in [5.41, 5.74) is 0. The fourth-order valence-corrected chi connectivity index (χ4v) is 3.72. The van der Waals surface area contributed by atoms with Gasteiger partial charge in [0.05, 0.1) is 13.2 Å². The molecule has 7 nitrogen and oxygen atoms in total. The van der Waals surface area contributed by atoms with E-state index in [1.54, 1.807) is 4.90 Å². The molecule has 0 bridgehead atoms. The molecule has 0 atom stereocenters. The largest absolute Gasteiger partial charge is 0.450 e. The molecular weight excluding hydrogens is 306 g/mol. The molecule has 2 fully saturated rings. The standard InChI is InChI=1S/C17H29N5O2/c1-3-24-17(23)22-11-7-14(8-12-22)16-19-18-15(20(16)2)13-21-9-5-4-6-10-21/h14H,3-13H2,1-2H3. The van der Waals surface area contributed by atoms with Crippen LogP contribution in [0.5, 0.6) is 0 Å². The van der Waals surface area contributed by atoms with Gasteiger partial charge in [-0.25, -0.2) is 4.79 Å². The summed E-state index contributed by atoms with van der Waals surface area (Å²) in [4.78, 5) is 16.1. The van der Waals surface area contributed by atoms with E-state index in [-0.39, 0.29) is 6.09 Å². The first kappa shape index (κ1) is 17.2. The first-order valence-electron chi connectivity index (χ1n) is 9.21. The molecule has 2 saturated heterocycles. The first-order valence-corrected chi connectivity index (χ1v) is 9.21. The van der Waals surface area contributed by atoms with E-state index in [1.165, 1.54) is 32.4 Å². The second-order valence-corrected chi connectivity index (χ2v) is 6.83. The van der Waals surface area contributed by atoms with Gasteiger partial charge in [-0.1, -0.05) is 6.42 Å². The van der Waals surface area contributed by atoms with Crippen molar-refractivity contribution in [2.24, 2.45) is 7.05 Å². The molecule has 1 amide bonds. The number of rotatable bonds is 4. The van der Waals surface area contributed by atoms with Gasteiger partial charge in [0.25, 0.3) is 0 Å². The SMILES string of the molecule is CCOC(=O)N1CCC(c2nnc(CN3CCCCC3)n2C)CC1. The number of piperidine rings is 2. The highest BCUT2D eigenvalue weighted by atomic mass is 16.6. The quantitative estimate of drug-likeness (QED) is 0.843. The highest BCUT2D eigenvalue weighted by Crippen LogP contribution is 2.27. The summed E-state index contributed by atoms with van der Waals surface area (Å²) >= 11 is 0. The summed E-state index contributed by atoms with van der Waals surface area (Å²) in [5, 5.41) is 8.90. The fourth-order valence-electron chi connectivity index (χ4n) is 3.72. The van der Waals surface area contributed by atoms with Gasteiger partial charge in [0.15, 0.2) is 0 Å². The number of carbonyl (C=O) groups is 1. The normalized spacial score (nSPS) is 20.3. The molecule has 7 heteroatoms. The molecular formula is C17H29N5O2. The van der Waals surface area contributed by atoms with Crippen LogP contribution in [-0.2, 0) is 18.3 Å². The number of amides is 1. The van der Waals surface area contributed by atoms with Crippen molar-refractivity contribution in [1.29, 1.82) is 0 Å². The van der Waals surface area contributed by atoms with Gasteiger partial charge in [-0.05, 0) is 45.7 Å². The van der Waals surface area contributed by atoms with Crippen LogP contribution in [0.2, 0.25) is 0 Å². The Kier molecular flexibility index (Phi) is 5.71. The van der Waals surface area contributed by atoms with Crippen LogP contribution in [0.25, 0.3) is 0 Å². The van der Waals surface area contributed by atoms with Crippen molar-refractivity contribution in [2.75, 3.05) is 32.8 Å². The Hall–Kier alpha value is -1.63. The minimum Gasteiger partial charge on any atom is -0.450 e. The van der Waals surface area contributed by atoms with Crippen molar-refractivity contribution >= 4 is 6.09 Å². The number of hydrogen-bond donors (Lipinski definition) is 0. The molecule has 0 spiro atoms. The zero-order chi connectivity index (χ0) is 16.9. The van der Waals surface area contributed by atoms with E-state index in [4.69, 9.17) is 4.74 Å². The summed E-state index contributed by atoms with van der Waals surface area (Å²) in [7, 11) is 2.08. The molecule has 0 N–H and O–H groups in total. The van der Waals surface area contributed by atoms with Crippen LogP contribution < -0.4 is 0 Å². The topological polar surface area (TPSA) is 63.5 Å². The Balaban J connectivity index is 1.57. The third-order valence-electron chi connectivity index (χ3n) is 5.20. The average molecular weight is 335 g/mol. The third-order valence-corrected chi connectivity index (χ3v) is 5.20. The molecule has 3 heterocycles. The molecule has 3 rings (SSSR count). The molecule has 1 aromatic rings. The van der Waals surface area contributed by atoms with E-state index < -0.39 is 0 Å². The van der Waals surface area contributed by atoms with Crippen molar-refractivity contribution in [2.45, 2.75) is 51.5 Å². The zero-order valence-electron chi connectivity index (χ0n) is 14.9. The van der Waals surface area contributed by atoms with Crippen LogP contribution in [0.1, 0.15) is 56.6 Å². The maximum absolute atomic E-state index is 11.8. The lowest BCUT2D eigenvalue weighted by Crippen LogP contribution is -2.38. The van der Waals surface area contributed by atoms with Crippen LogP contribution in [-0.4, -0.2) is 63.4 Å². The van der Waals surface area contributed by atoms with Crippen LogP contribution in [0.15, 0.2) is 0 Å². The second kappa shape index (κ2) is 7.96. The Labute approximate surface area is 144 Å². The van der Waals surface area contributed by atoms with Gasteiger partial charge < -0.3 is 14.2 Å². The summed E-state index contributed by atoms with van der Waals surface area (Å²) < 4.78 is 7.25. The summed E-state index contributed by atoms with van der Waals surface area (Å²) in [6.07, 6.45) is 5.58. The van der Waals surface area contributed by atoms with Crippen LogP contribution in [0, 0.1) is 0 Å². The van der Waals surface area contributed by atoms with Gasteiger partial charge in [-0.3, -0.25) is 4.90 Å². The van der Waals surface area contributed by atoms with Gasteiger partial charge in [-0.15, -0.1) is 10.2 Å². The number of ether oxygens (including phenoxy) is 1. The van der Waals surface area contributed by atoms with Gasteiger partial charge in [-0.2, -0.15) is 0 Å². The smallest absolute Gasteiger partial charge is 0.409 e. The molecule has 0 aromatic carbocycles. The minimum atomic E-state index is -0.195. The monoisotopic (exact) mass is 335 g/mol. The lowest BCUT2D eigenvalue weighted by Gasteiger charge is -2.30. The number of hydrogen-bond acceptors (Lipinski definition) is 5. The van der Waals surface area contributed by atoms with E-state index >= 15 is 0 Å².